The first-order valence-electron chi connectivity index (χ1n) is 4.11. The molecule has 0 saturated carbocycles. The molecule has 1 aromatic heterocycles. The summed E-state index contributed by atoms with van der Waals surface area (Å²) in [6.45, 7) is 0. The first kappa shape index (κ1) is 10.3. The van der Waals surface area contributed by atoms with E-state index < -0.39 is 0 Å². The fourth-order valence-corrected chi connectivity index (χ4v) is 2.19. The molecular formula is C9H7N3OS2. The Balaban J connectivity index is 2.30. The fourth-order valence-electron chi connectivity index (χ4n) is 1.09. The topological polar surface area (TPSA) is 59.2 Å². The lowest BCUT2D eigenvalue weighted by molar-refractivity contribution is -0.122. The van der Waals surface area contributed by atoms with Crippen LogP contribution in [0.15, 0.2) is 29.4 Å². The second-order valence-electron chi connectivity index (χ2n) is 2.83. The highest BCUT2D eigenvalue weighted by Crippen LogP contribution is 2.30. The van der Waals surface area contributed by atoms with Crippen LogP contribution in [0.4, 0.5) is 0 Å². The third-order valence-electron chi connectivity index (χ3n) is 1.83. The number of hydrogen-bond acceptors (Lipinski definition) is 5. The molecule has 1 aliphatic heterocycles. The molecule has 2 N–H and O–H groups in total. The number of thioether (sulfide) groups is 1. The minimum absolute atomic E-state index is 0.262. The molecule has 1 aromatic rings. The van der Waals surface area contributed by atoms with Crippen molar-refractivity contribution in [2.75, 3.05) is 0 Å². The SMILES string of the molecule is NN1C(=O)/C(=C/c2ccncc2)SC1=S. The monoisotopic (exact) mass is 237 g/mol. The normalized spacial score (nSPS) is 19.0. The summed E-state index contributed by atoms with van der Waals surface area (Å²) < 4.78 is 0.375. The van der Waals surface area contributed by atoms with Crippen LogP contribution in [0.25, 0.3) is 6.08 Å². The van der Waals surface area contributed by atoms with Gasteiger partial charge in [-0.25, -0.2) is 10.9 Å². The van der Waals surface area contributed by atoms with Gasteiger partial charge in [0.1, 0.15) is 0 Å². The van der Waals surface area contributed by atoms with Crippen molar-refractivity contribution in [2.24, 2.45) is 5.84 Å². The highest BCUT2D eigenvalue weighted by Gasteiger charge is 2.29. The van der Waals surface area contributed by atoms with E-state index >= 15 is 0 Å². The van der Waals surface area contributed by atoms with Crippen LogP contribution in [0, 0.1) is 0 Å². The van der Waals surface area contributed by atoms with Crippen molar-refractivity contribution in [1.29, 1.82) is 0 Å². The van der Waals surface area contributed by atoms with Crippen molar-refractivity contribution < 1.29 is 4.79 Å². The number of hydrogen-bond donors (Lipinski definition) is 1. The van der Waals surface area contributed by atoms with E-state index in [1.807, 2.05) is 12.1 Å². The first-order valence-corrected chi connectivity index (χ1v) is 5.33. The third kappa shape index (κ3) is 2.06. The van der Waals surface area contributed by atoms with Crippen molar-refractivity contribution in [3.63, 3.8) is 0 Å². The van der Waals surface area contributed by atoms with E-state index in [1.54, 1.807) is 18.5 Å². The fraction of sp³-hybridized carbons (Fsp3) is 0. The Bertz CT molecular complexity index is 444. The van der Waals surface area contributed by atoms with Crippen molar-refractivity contribution in [3.8, 4) is 0 Å². The first-order chi connectivity index (χ1) is 7.18. The molecule has 1 saturated heterocycles. The molecule has 0 unspecified atom stereocenters. The van der Waals surface area contributed by atoms with Gasteiger partial charge in [0.25, 0.3) is 5.91 Å². The van der Waals surface area contributed by atoms with Gasteiger partial charge in [-0.2, -0.15) is 0 Å². The van der Waals surface area contributed by atoms with Gasteiger partial charge in [0, 0.05) is 12.4 Å². The average molecular weight is 237 g/mol. The van der Waals surface area contributed by atoms with Gasteiger partial charge in [-0.1, -0.05) is 24.0 Å². The minimum atomic E-state index is -0.262. The molecule has 2 heterocycles. The zero-order chi connectivity index (χ0) is 10.8. The van der Waals surface area contributed by atoms with Crippen LogP contribution >= 0.6 is 24.0 Å². The quantitative estimate of drug-likeness (QED) is 0.344. The standard InChI is InChI=1S/C9H7N3OS2/c10-12-8(13)7(15-9(12)14)5-6-1-3-11-4-2-6/h1-5H,10H2/b7-5-. The smallest absolute Gasteiger partial charge is 0.267 e. The van der Waals surface area contributed by atoms with Gasteiger partial charge < -0.3 is 0 Å². The number of amides is 1. The van der Waals surface area contributed by atoms with Crippen LogP contribution in [0.3, 0.4) is 0 Å². The van der Waals surface area contributed by atoms with Gasteiger partial charge in [-0.3, -0.25) is 9.78 Å². The highest BCUT2D eigenvalue weighted by molar-refractivity contribution is 8.26. The Morgan fingerprint density at radius 3 is 2.67 bits per heavy atom. The van der Waals surface area contributed by atoms with E-state index in [1.165, 1.54) is 11.8 Å². The van der Waals surface area contributed by atoms with Gasteiger partial charge in [-0.05, 0) is 23.8 Å². The second-order valence-corrected chi connectivity index (χ2v) is 4.51. The van der Waals surface area contributed by atoms with Gasteiger partial charge in [0.05, 0.1) is 4.91 Å². The molecule has 1 fully saturated rings. The number of rotatable bonds is 1. The number of carbonyl (C=O) groups is 1. The molecular weight excluding hydrogens is 230 g/mol. The van der Waals surface area contributed by atoms with E-state index in [0.29, 0.717) is 9.23 Å². The van der Waals surface area contributed by atoms with E-state index in [9.17, 15) is 4.79 Å². The summed E-state index contributed by atoms with van der Waals surface area (Å²) in [6, 6.07) is 3.62. The molecule has 1 amide bonds. The maximum absolute atomic E-state index is 11.5. The van der Waals surface area contributed by atoms with E-state index in [4.69, 9.17) is 18.1 Å². The van der Waals surface area contributed by atoms with E-state index in [2.05, 4.69) is 4.98 Å². The number of carbonyl (C=O) groups excluding carboxylic acids is 1. The molecule has 15 heavy (non-hydrogen) atoms. The number of nitrogens with zero attached hydrogens (tertiary/aromatic N) is 2. The molecule has 0 bridgehead atoms. The van der Waals surface area contributed by atoms with Gasteiger partial charge in [-0.15, -0.1) is 0 Å². The number of nitrogens with two attached hydrogens (primary N) is 1. The molecule has 0 radical (unpaired) electrons. The molecule has 0 aliphatic carbocycles. The lowest BCUT2D eigenvalue weighted by Crippen LogP contribution is -2.34. The largest absolute Gasteiger partial charge is 0.280 e. The minimum Gasteiger partial charge on any atom is -0.267 e. The predicted octanol–water partition coefficient (Wildman–Crippen LogP) is 1.16. The Kier molecular flexibility index (Phi) is 2.81. The summed E-state index contributed by atoms with van der Waals surface area (Å²) >= 11 is 6.10. The molecule has 2 rings (SSSR count). The van der Waals surface area contributed by atoms with Crippen LogP contribution in [0.1, 0.15) is 5.56 Å². The van der Waals surface area contributed by atoms with Gasteiger partial charge in [0.2, 0.25) is 0 Å². The Morgan fingerprint density at radius 2 is 2.13 bits per heavy atom. The van der Waals surface area contributed by atoms with Crippen LogP contribution in [0.2, 0.25) is 0 Å². The summed E-state index contributed by atoms with van der Waals surface area (Å²) in [6.07, 6.45) is 5.07. The van der Waals surface area contributed by atoms with E-state index in [-0.39, 0.29) is 5.91 Å². The maximum Gasteiger partial charge on any atom is 0.280 e. The molecule has 6 heteroatoms. The summed E-state index contributed by atoms with van der Waals surface area (Å²) in [5.41, 5.74) is 0.902. The second kappa shape index (κ2) is 4.09. The maximum atomic E-state index is 11.5. The summed E-state index contributed by atoms with van der Waals surface area (Å²) in [5.74, 6) is 5.17. The number of aromatic nitrogens is 1. The zero-order valence-corrected chi connectivity index (χ0v) is 9.22. The van der Waals surface area contributed by atoms with Crippen molar-refractivity contribution in [3.05, 3.63) is 35.0 Å². The lowest BCUT2D eigenvalue weighted by atomic mass is 10.2. The lowest BCUT2D eigenvalue weighted by Gasteiger charge is -2.02. The molecule has 76 valence electrons. The summed E-state index contributed by atoms with van der Waals surface area (Å²) in [4.78, 5) is 16.0. The number of pyridine rings is 1. The van der Waals surface area contributed by atoms with Crippen LogP contribution < -0.4 is 5.84 Å². The van der Waals surface area contributed by atoms with Crippen LogP contribution in [-0.4, -0.2) is 20.2 Å². The van der Waals surface area contributed by atoms with Gasteiger partial charge >= 0.3 is 0 Å². The molecule has 4 nitrogen and oxygen atoms in total. The third-order valence-corrected chi connectivity index (χ3v) is 3.16. The van der Waals surface area contributed by atoms with Crippen LogP contribution in [0.5, 0.6) is 0 Å². The Labute approximate surface area is 96.1 Å². The molecule has 0 atom stereocenters. The van der Waals surface area contributed by atoms with Crippen molar-refractivity contribution >= 4 is 40.3 Å². The number of thiocarbonyl (C=S) groups is 1. The van der Waals surface area contributed by atoms with Crippen molar-refractivity contribution in [1.82, 2.24) is 9.99 Å². The zero-order valence-electron chi connectivity index (χ0n) is 7.58. The molecule has 0 aromatic carbocycles. The highest BCUT2D eigenvalue weighted by atomic mass is 32.2. The molecule has 1 aliphatic rings. The van der Waals surface area contributed by atoms with Crippen LogP contribution in [-0.2, 0) is 4.79 Å². The van der Waals surface area contributed by atoms with Crippen molar-refractivity contribution in [2.45, 2.75) is 0 Å². The Hall–Kier alpha value is -1.24. The average Bonchev–Trinajstić information content (AvgIpc) is 2.48. The summed E-state index contributed by atoms with van der Waals surface area (Å²) in [7, 11) is 0. The van der Waals surface area contributed by atoms with Gasteiger partial charge in [0.15, 0.2) is 4.32 Å². The summed E-state index contributed by atoms with van der Waals surface area (Å²) in [5, 5.41) is 0.979. The van der Waals surface area contributed by atoms with E-state index in [0.717, 1.165) is 10.6 Å². The molecule has 0 spiro atoms. The Morgan fingerprint density at radius 1 is 1.47 bits per heavy atom. The number of hydrazine groups is 1. The predicted molar refractivity (Wildman–Crippen MR) is 63.4 cm³/mol.